The third-order valence-electron chi connectivity index (χ3n) is 2.67. The second kappa shape index (κ2) is 6.65. The van der Waals surface area contributed by atoms with Crippen molar-refractivity contribution >= 4 is 34.6 Å². The van der Waals surface area contributed by atoms with Gasteiger partial charge in [0.15, 0.2) is 0 Å². The number of hydrogen-bond donors (Lipinski definition) is 1. The largest absolute Gasteiger partial charge is 0.450 e. The number of hydrogen-bond acceptors (Lipinski definition) is 4. The van der Waals surface area contributed by atoms with Gasteiger partial charge >= 0.3 is 5.69 Å². The second-order valence-corrected chi connectivity index (χ2v) is 4.93. The highest BCUT2D eigenvalue weighted by molar-refractivity contribution is 6.42. The molecule has 0 unspecified atom stereocenters. The van der Waals surface area contributed by atoms with E-state index >= 15 is 0 Å². The monoisotopic (exact) mass is 326 g/mol. The standard InChI is InChI=1S/C14H12Cl2N2O3/c1-2-17-12-4-3-5-13(14(12)18(19)20)21-9-6-7-10(15)11(16)8-9/h3-8,17H,2H2,1H3. The Morgan fingerprint density at radius 1 is 1.24 bits per heavy atom. The maximum absolute atomic E-state index is 11.3. The lowest BCUT2D eigenvalue weighted by Crippen LogP contribution is -2.02. The minimum atomic E-state index is -0.481. The molecule has 0 heterocycles. The first-order valence-corrected chi connectivity index (χ1v) is 6.92. The van der Waals surface area contributed by atoms with Gasteiger partial charge in [0.25, 0.3) is 0 Å². The first-order valence-electron chi connectivity index (χ1n) is 6.17. The van der Waals surface area contributed by atoms with Crippen molar-refractivity contribution in [3.05, 3.63) is 56.6 Å². The lowest BCUT2D eigenvalue weighted by Gasteiger charge is -2.10. The SMILES string of the molecule is CCNc1cccc(Oc2ccc(Cl)c(Cl)c2)c1[N+](=O)[O-]. The molecule has 5 nitrogen and oxygen atoms in total. The van der Waals surface area contributed by atoms with Crippen molar-refractivity contribution in [2.45, 2.75) is 6.92 Å². The van der Waals surface area contributed by atoms with Gasteiger partial charge in [0.1, 0.15) is 11.4 Å². The number of ether oxygens (including phenoxy) is 1. The summed E-state index contributed by atoms with van der Waals surface area (Å²) in [5.41, 5.74) is 0.283. The molecule has 0 fully saturated rings. The van der Waals surface area contributed by atoms with Crippen molar-refractivity contribution in [3.8, 4) is 11.5 Å². The Labute approximate surface area is 131 Å². The number of nitrogens with zero attached hydrogens (tertiary/aromatic N) is 1. The molecule has 0 radical (unpaired) electrons. The summed E-state index contributed by atoms with van der Waals surface area (Å²) in [6.07, 6.45) is 0. The van der Waals surface area contributed by atoms with Gasteiger partial charge in [0.2, 0.25) is 5.75 Å². The van der Waals surface area contributed by atoms with Crippen LogP contribution in [0.1, 0.15) is 6.92 Å². The van der Waals surface area contributed by atoms with Crippen LogP contribution in [0.5, 0.6) is 11.5 Å². The van der Waals surface area contributed by atoms with Gasteiger partial charge in [0, 0.05) is 12.6 Å². The number of halogens is 2. The van der Waals surface area contributed by atoms with Gasteiger partial charge in [-0.2, -0.15) is 0 Å². The van der Waals surface area contributed by atoms with Gasteiger partial charge in [0.05, 0.1) is 15.0 Å². The van der Waals surface area contributed by atoms with Gasteiger partial charge < -0.3 is 10.1 Å². The molecule has 0 saturated heterocycles. The number of nitro groups is 1. The average molecular weight is 327 g/mol. The van der Waals surface area contributed by atoms with Crippen LogP contribution in [-0.4, -0.2) is 11.5 Å². The Hall–Kier alpha value is -1.98. The minimum absolute atomic E-state index is 0.120. The maximum Gasteiger partial charge on any atom is 0.334 e. The average Bonchev–Trinajstić information content (AvgIpc) is 2.43. The summed E-state index contributed by atoms with van der Waals surface area (Å²) in [4.78, 5) is 10.8. The van der Waals surface area contributed by atoms with Crippen LogP contribution in [0.4, 0.5) is 11.4 Å². The predicted octanol–water partition coefficient (Wildman–Crippen LogP) is 5.13. The van der Waals surface area contributed by atoms with Crippen molar-refractivity contribution in [3.63, 3.8) is 0 Å². The molecule has 1 N–H and O–H groups in total. The number of para-hydroxylation sites is 1. The molecule has 2 aromatic rings. The topological polar surface area (TPSA) is 64.4 Å². The zero-order valence-electron chi connectivity index (χ0n) is 11.1. The quantitative estimate of drug-likeness (QED) is 0.611. The van der Waals surface area contributed by atoms with E-state index in [9.17, 15) is 10.1 Å². The molecule has 2 rings (SSSR count). The van der Waals surface area contributed by atoms with Crippen LogP contribution in [0.2, 0.25) is 10.0 Å². The zero-order chi connectivity index (χ0) is 15.4. The first-order chi connectivity index (χ1) is 10.0. The zero-order valence-corrected chi connectivity index (χ0v) is 12.6. The molecule has 21 heavy (non-hydrogen) atoms. The molecule has 0 atom stereocenters. The van der Waals surface area contributed by atoms with E-state index in [-0.39, 0.29) is 11.4 Å². The van der Waals surface area contributed by atoms with Crippen molar-refractivity contribution in [1.82, 2.24) is 0 Å². The van der Waals surface area contributed by atoms with Crippen LogP contribution in [0, 0.1) is 10.1 Å². The van der Waals surface area contributed by atoms with E-state index in [1.807, 2.05) is 6.92 Å². The predicted molar refractivity (Wildman–Crippen MR) is 83.8 cm³/mol. The van der Waals surface area contributed by atoms with Crippen LogP contribution in [0.25, 0.3) is 0 Å². The summed E-state index contributed by atoms with van der Waals surface area (Å²) in [5, 5.41) is 14.9. The summed E-state index contributed by atoms with van der Waals surface area (Å²) in [6, 6.07) is 9.51. The fourth-order valence-electron chi connectivity index (χ4n) is 1.79. The molecule has 0 spiro atoms. The fourth-order valence-corrected chi connectivity index (χ4v) is 2.08. The lowest BCUT2D eigenvalue weighted by atomic mass is 10.2. The van der Waals surface area contributed by atoms with E-state index in [0.29, 0.717) is 28.0 Å². The highest BCUT2D eigenvalue weighted by Gasteiger charge is 2.21. The second-order valence-electron chi connectivity index (χ2n) is 4.12. The van der Waals surface area contributed by atoms with Gasteiger partial charge in [-0.1, -0.05) is 29.3 Å². The summed E-state index contributed by atoms with van der Waals surface area (Å²) >= 11 is 11.7. The molecule has 0 aromatic heterocycles. The highest BCUT2D eigenvalue weighted by Crippen LogP contribution is 2.38. The van der Waals surface area contributed by atoms with Crippen molar-refractivity contribution in [2.24, 2.45) is 0 Å². The molecule has 0 aliphatic heterocycles. The van der Waals surface area contributed by atoms with Gasteiger partial charge in [-0.15, -0.1) is 0 Å². The minimum Gasteiger partial charge on any atom is -0.450 e. The fraction of sp³-hybridized carbons (Fsp3) is 0.143. The normalized spacial score (nSPS) is 10.2. The highest BCUT2D eigenvalue weighted by atomic mass is 35.5. The molecule has 0 aliphatic carbocycles. The van der Waals surface area contributed by atoms with Crippen molar-refractivity contribution in [2.75, 3.05) is 11.9 Å². The van der Waals surface area contributed by atoms with E-state index in [4.69, 9.17) is 27.9 Å². The van der Waals surface area contributed by atoms with Gasteiger partial charge in [-0.05, 0) is 31.2 Å². The number of nitro benzene ring substituents is 1. The molecule has 0 amide bonds. The van der Waals surface area contributed by atoms with E-state index in [1.54, 1.807) is 24.3 Å². The third-order valence-corrected chi connectivity index (χ3v) is 3.41. The number of rotatable bonds is 5. The van der Waals surface area contributed by atoms with E-state index in [0.717, 1.165) is 0 Å². The summed E-state index contributed by atoms with van der Waals surface area (Å²) in [7, 11) is 0. The Morgan fingerprint density at radius 2 is 2.00 bits per heavy atom. The third kappa shape index (κ3) is 3.56. The Bertz CT molecular complexity index is 677. The Kier molecular flexibility index (Phi) is 4.88. The summed E-state index contributed by atoms with van der Waals surface area (Å²) < 4.78 is 5.57. The smallest absolute Gasteiger partial charge is 0.334 e. The van der Waals surface area contributed by atoms with Crippen LogP contribution in [0.15, 0.2) is 36.4 Å². The molecular weight excluding hydrogens is 315 g/mol. The van der Waals surface area contributed by atoms with Crippen molar-refractivity contribution < 1.29 is 9.66 Å². The van der Waals surface area contributed by atoms with Gasteiger partial charge in [-0.25, -0.2) is 0 Å². The van der Waals surface area contributed by atoms with Crippen LogP contribution in [0.3, 0.4) is 0 Å². The van der Waals surface area contributed by atoms with E-state index in [2.05, 4.69) is 5.32 Å². The molecular formula is C14H12Cl2N2O3. The Balaban J connectivity index is 2.41. The van der Waals surface area contributed by atoms with Crippen molar-refractivity contribution in [1.29, 1.82) is 0 Å². The molecule has 110 valence electrons. The van der Waals surface area contributed by atoms with E-state index in [1.165, 1.54) is 12.1 Å². The number of benzene rings is 2. The van der Waals surface area contributed by atoms with Gasteiger partial charge in [-0.3, -0.25) is 10.1 Å². The molecule has 0 bridgehead atoms. The molecule has 0 aliphatic rings. The number of nitrogens with one attached hydrogen (secondary N) is 1. The maximum atomic E-state index is 11.3. The van der Waals surface area contributed by atoms with Crippen LogP contribution in [-0.2, 0) is 0 Å². The first kappa shape index (κ1) is 15.4. The number of anilines is 1. The van der Waals surface area contributed by atoms with E-state index < -0.39 is 4.92 Å². The lowest BCUT2D eigenvalue weighted by molar-refractivity contribution is -0.384. The van der Waals surface area contributed by atoms with Crippen LogP contribution < -0.4 is 10.1 Å². The summed E-state index contributed by atoms with van der Waals surface area (Å²) in [5.74, 6) is 0.512. The molecule has 2 aromatic carbocycles. The summed E-state index contributed by atoms with van der Waals surface area (Å²) in [6.45, 7) is 2.42. The Morgan fingerprint density at radius 3 is 2.62 bits per heavy atom. The molecule has 0 saturated carbocycles. The molecule has 7 heteroatoms. The van der Waals surface area contributed by atoms with Crippen LogP contribution >= 0.6 is 23.2 Å².